The van der Waals surface area contributed by atoms with E-state index < -0.39 is 0 Å². The highest BCUT2D eigenvalue weighted by molar-refractivity contribution is 5.89. The van der Waals surface area contributed by atoms with Crippen LogP contribution in [0.4, 0.5) is 0 Å². The molecule has 2 aromatic carbocycles. The smallest absolute Gasteiger partial charge is 0.203 e. The second-order valence-corrected chi connectivity index (χ2v) is 8.35. The molecular weight excluding hydrogens is 436 g/mol. The maximum atomic E-state index is 11.9. The quantitative estimate of drug-likeness (QED) is 0.520. The molecule has 8 nitrogen and oxygen atoms in total. The molecule has 0 aromatic heterocycles. The summed E-state index contributed by atoms with van der Waals surface area (Å²) < 4.78 is 27.4. The second kappa shape index (κ2) is 10.4. The van der Waals surface area contributed by atoms with Crippen LogP contribution >= 0.6 is 0 Å². The number of nitrogens with zero attached hydrogens (tertiary/aromatic N) is 2. The highest BCUT2D eigenvalue weighted by atomic mass is 16.5. The zero-order valence-corrected chi connectivity index (χ0v) is 20.4. The van der Waals surface area contributed by atoms with Crippen LogP contribution in [0.1, 0.15) is 22.7 Å². The molecule has 0 bridgehead atoms. The minimum Gasteiger partial charge on any atom is -0.493 e. The van der Waals surface area contributed by atoms with Gasteiger partial charge in [0.05, 0.1) is 41.6 Å². The van der Waals surface area contributed by atoms with Crippen LogP contribution in [0.5, 0.6) is 28.7 Å². The average molecular weight is 469 g/mol. The lowest BCUT2D eigenvalue weighted by Gasteiger charge is -2.39. The van der Waals surface area contributed by atoms with Gasteiger partial charge in [0, 0.05) is 38.3 Å². The number of carbonyl (C=O) groups excluding carboxylic acids is 1. The molecule has 4 rings (SSSR count). The van der Waals surface area contributed by atoms with E-state index in [0.717, 1.165) is 61.3 Å². The Morgan fingerprint density at radius 3 is 1.91 bits per heavy atom. The molecule has 1 atom stereocenters. The molecule has 2 aliphatic rings. The Bertz CT molecular complexity index is 1050. The molecule has 0 radical (unpaired) electrons. The molecule has 0 N–H and O–H groups in total. The van der Waals surface area contributed by atoms with E-state index in [1.807, 2.05) is 30.3 Å². The number of fused-ring (bicyclic) bond motifs is 1. The fraction of sp³-hybridized carbons (Fsp3) is 0.423. The van der Waals surface area contributed by atoms with Crippen LogP contribution in [0.25, 0.3) is 6.08 Å². The minimum absolute atomic E-state index is 0.0735. The van der Waals surface area contributed by atoms with Gasteiger partial charge in [-0.15, -0.1) is 0 Å². The SMILES string of the molecule is COc1cc2c(cc1OC)C(N1CCN(Cc3cc(OC)c(OC)c(OC)c3)CC1)C(C=O)=C2. The molecule has 1 aliphatic carbocycles. The van der Waals surface area contributed by atoms with Crippen LogP contribution in [0.2, 0.25) is 0 Å². The van der Waals surface area contributed by atoms with Crippen molar-refractivity contribution >= 4 is 12.4 Å². The molecule has 1 saturated heterocycles. The van der Waals surface area contributed by atoms with E-state index in [-0.39, 0.29) is 6.04 Å². The first-order valence-electron chi connectivity index (χ1n) is 11.2. The van der Waals surface area contributed by atoms with E-state index in [9.17, 15) is 4.79 Å². The van der Waals surface area contributed by atoms with E-state index in [2.05, 4.69) is 9.80 Å². The predicted molar refractivity (Wildman–Crippen MR) is 129 cm³/mol. The fourth-order valence-corrected chi connectivity index (χ4v) is 4.88. The Morgan fingerprint density at radius 2 is 1.38 bits per heavy atom. The summed E-state index contributed by atoms with van der Waals surface area (Å²) in [6.07, 6.45) is 2.92. The molecule has 1 aliphatic heterocycles. The standard InChI is InChI=1S/C26H32N2O6/c1-30-21-13-18-12-19(16-29)25(20(18)14-22(21)31-2)28-8-6-27(7-9-28)15-17-10-23(32-3)26(34-5)24(11-17)33-4/h10-14,16,25H,6-9,15H2,1-5H3. The van der Waals surface area contributed by atoms with E-state index >= 15 is 0 Å². The van der Waals surface area contributed by atoms with Crippen LogP contribution in [0.15, 0.2) is 29.8 Å². The summed E-state index contributed by atoms with van der Waals surface area (Å²) in [7, 11) is 8.11. The lowest BCUT2D eigenvalue weighted by Crippen LogP contribution is -2.47. The summed E-state index contributed by atoms with van der Waals surface area (Å²) in [6, 6.07) is 7.85. The number of ether oxygens (including phenoxy) is 5. The van der Waals surface area contributed by atoms with Gasteiger partial charge in [-0.3, -0.25) is 14.6 Å². The Hall–Kier alpha value is -3.23. The third-order valence-electron chi connectivity index (χ3n) is 6.56. The third-order valence-corrected chi connectivity index (χ3v) is 6.56. The van der Waals surface area contributed by atoms with Gasteiger partial charge in [-0.05, 0) is 47.0 Å². The van der Waals surface area contributed by atoms with Gasteiger partial charge in [0.25, 0.3) is 0 Å². The van der Waals surface area contributed by atoms with Crippen molar-refractivity contribution < 1.29 is 28.5 Å². The summed E-state index contributed by atoms with van der Waals surface area (Å²) in [5.74, 6) is 3.25. The van der Waals surface area contributed by atoms with E-state index in [4.69, 9.17) is 23.7 Å². The Morgan fingerprint density at radius 1 is 0.794 bits per heavy atom. The Kier molecular flexibility index (Phi) is 7.29. The van der Waals surface area contributed by atoms with Gasteiger partial charge in [-0.1, -0.05) is 0 Å². The lowest BCUT2D eigenvalue weighted by molar-refractivity contribution is -0.105. The first-order valence-corrected chi connectivity index (χ1v) is 11.2. The van der Waals surface area contributed by atoms with Crippen LogP contribution in [0.3, 0.4) is 0 Å². The zero-order valence-electron chi connectivity index (χ0n) is 20.4. The van der Waals surface area contributed by atoms with Crippen molar-refractivity contribution in [2.45, 2.75) is 12.6 Å². The maximum absolute atomic E-state index is 11.9. The minimum atomic E-state index is -0.0735. The molecule has 8 heteroatoms. The molecule has 182 valence electrons. The van der Waals surface area contributed by atoms with Crippen molar-refractivity contribution in [1.29, 1.82) is 0 Å². The van der Waals surface area contributed by atoms with E-state index in [0.29, 0.717) is 28.7 Å². The normalized spacial score (nSPS) is 18.1. The van der Waals surface area contributed by atoms with Gasteiger partial charge in [-0.25, -0.2) is 0 Å². The molecule has 1 unspecified atom stereocenters. The molecule has 0 amide bonds. The van der Waals surface area contributed by atoms with Crippen molar-refractivity contribution in [1.82, 2.24) is 9.80 Å². The van der Waals surface area contributed by atoms with Gasteiger partial charge in [0.2, 0.25) is 5.75 Å². The molecule has 2 aromatic rings. The monoisotopic (exact) mass is 468 g/mol. The number of hydrogen-bond acceptors (Lipinski definition) is 8. The first kappa shape index (κ1) is 23.9. The molecule has 0 spiro atoms. The summed E-state index contributed by atoms with van der Waals surface area (Å²) in [5, 5.41) is 0. The summed E-state index contributed by atoms with van der Waals surface area (Å²) in [4.78, 5) is 16.7. The number of aldehydes is 1. The van der Waals surface area contributed by atoms with Gasteiger partial charge in [-0.2, -0.15) is 0 Å². The fourth-order valence-electron chi connectivity index (χ4n) is 4.88. The summed E-state index contributed by atoms with van der Waals surface area (Å²) in [6.45, 7) is 4.21. The number of carbonyl (C=O) groups is 1. The van der Waals surface area contributed by atoms with Crippen molar-refractivity contribution in [2.75, 3.05) is 61.7 Å². The largest absolute Gasteiger partial charge is 0.493 e. The lowest BCUT2D eigenvalue weighted by atomic mass is 10.0. The van der Waals surface area contributed by atoms with E-state index in [1.165, 1.54) is 0 Å². The average Bonchev–Trinajstić information content (AvgIpc) is 3.24. The maximum Gasteiger partial charge on any atom is 0.203 e. The van der Waals surface area contributed by atoms with Crippen molar-refractivity contribution in [2.24, 2.45) is 0 Å². The molecular formula is C26H32N2O6. The van der Waals surface area contributed by atoms with Crippen molar-refractivity contribution in [3.8, 4) is 28.7 Å². The van der Waals surface area contributed by atoms with E-state index in [1.54, 1.807) is 35.5 Å². The third kappa shape index (κ3) is 4.43. The highest BCUT2D eigenvalue weighted by Gasteiger charge is 2.33. The molecule has 0 saturated carbocycles. The van der Waals surface area contributed by atoms with Crippen LogP contribution in [0, 0.1) is 0 Å². The van der Waals surface area contributed by atoms with Gasteiger partial charge >= 0.3 is 0 Å². The molecule has 34 heavy (non-hydrogen) atoms. The van der Waals surface area contributed by atoms with Crippen LogP contribution in [-0.2, 0) is 11.3 Å². The predicted octanol–water partition coefficient (Wildman–Crippen LogP) is 3.18. The number of methoxy groups -OCH3 is 5. The van der Waals surface area contributed by atoms with Gasteiger partial charge in [0.1, 0.15) is 6.29 Å². The van der Waals surface area contributed by atoms with Crippen molar-refractivity contribution in [3.63, 3.8) is 0 Å². The molecule has 1 fully saturated rings. The summed E-state index contributed by atoms with van der Waals surface area (Å²) in [5.41, 5.74) is 3.95. The van der Waals surface area contributed by atoms with Crippen LogP contribution < -0.4 is 23.7 Å². The number of piperazine rings is 1. The van der Waals surface area contributed by atoms with Gasteiger partial charge < -0.3 is 23.7 Å². The number of benzene rings is 2. The zero-order chi connectivity index (χ0) is 24.2. The number of rotatable bonds is 9. The highest BCUT2D eigenvalue weighted by Crippen LogP contribution is 2.43. The van der Waals surface area contributed by atoms with Crippen molar-refractivity contribution in [3.05, 3.63) is 46.5 Å². The first-order chi connectivity index (χ1) is 16.6. The topological polar surface area (TPSA) is 69.7 Å². The summed E-state index contributed by atoms with van der Waals surface area (Å²) >= 11 is 0. The number of hydrogen-bond donors (Lipinski definition) is 0. The Labute approximate surface area is 200 Å². The second-order valence-electron chi connectivity index (χ2n) is 8.35. The van der Waals surface area contributed by atoms with Gasteiger partial charge in [0.15, 0.2) is 23.0 Å². The molecule has 1 heterocycles. The van der Waals surface area contributed by atoms with Crippen LogP contribution in [-0.4, -0.2) is 77.8 Å². The Balaban J connectivity index is 1.49.